The maximum atomic E-state index is 12.2. The van der Waals surface area contributed by atoms with Crippen LogP contribution in [0.1, 0.15) is 68.8 Å². The van der Waals surface area contributed by atoms with E-state index in [1.807, 2.05) is 0 Å². The van der Waals surface area contributed by atoms with Gasteiger partial charge >= 0.3 is 6.18 Å². The number of ketones is 1. The first-order valence-corrected chi connectivity index (χ1v) is 7.46. The maximum Gasteiger partial charge on any atom is 0.456 e. The summed E-state index contributed by atoms with van der Waals surface area (Å²) in [6, 6.07) is 0. The van der Waals surface area contributed by atoms with Crippen LogP contribution in [-0.4, -0.2) is 27.0 Å². The van der Waals surface area contributed by atoms with Crippen LogP contribution in [0.5, 0.6) is 0 Å². The zero-order chi connectivity index (χ0) is 15.7. The van der Waals surface area contributed by atoms with Crippen LogP contribution in [0.4, 0.5) is 13.2 Å². The highest BCUT2D eigenvalue weighted by atomic mass is 19.4. The maximum absolute atomic E-state index is 12.2. The van der Waals surface area contributed by atoms with Crippen LogP contribution < -0.4 is 0 Å². The molecule has 0 bridgehead atoms. The summed E-state index contributed by atoms with van der Waals surface area (Å²) in [4.78, 5) is 10.9. The molecule has 0 unspecified atom stereocenters. The minimum atomic E-state index is -4.89. The van der Waals surface area contributed by atoms with Crippen LogP contribution in [0, 0.1) is 0 Å². The minimum Gasteiger partial charge on any atom is -0.282 e. The van der Waals surface area contributed by atoms with Gasteiger partial charge in [0.25, 0.3) is 5.78 Å². The van der Waals surface area contributed by atoms with Crippen molar-refractivity contribution in [1.82, 2.24) is 15.0 Å². The van der Waals surface area contributed by atoms with Crippen molar-refractivity contribution < 1.29 is 18.0 Å². The van der Waals surface area contributed by atoms with Gasteiger partial charge in [-0.15, -0.1) is 5.10 Å². The van der Waals surface area contributed by atoms with Crippen molar-refractivity contribution in [3.8, 4) is 0 Å². The van der Waals surface area contributed by atoms with Gasteiger partial charge in [0.2, 0.25) is 0 Å². The number of carbonyl (C=O) groups is 1. The average Bonchev–Trinajstić information content (AvgIpc) is 2.88. The zero-order valence-corrected chi connectivity index (χ0v) is 12.3. The lowest BCUT2D eigenvalue weighted by atomic mass is 10.1. The summed E-state index contributed by atoms with van der Waals surface area (Å²) in [5.41, 5.74) is -0.637. The monoisotopic (exact) mass is 305 g/mol. The first kappa shape index (κ1) is 17.7. The van der Waals surface area contributed by atoms with Gasteiger partial charge in [0.05, 0.1) is 6.20 Å². The third-order valence-corrected chi connectivity index (χ3v) is 3.27. The number of halogens is 3. The minimum absolute atomic E-state index is 0.493. The summed E-state index contributed by atoms with van der Waals surface area (Å²) in [6.07, 6.45) is 5.33. The summed E-state index contributed by atoms with van der Waals surface area (Å²) < 4.78 is 37.9. The molecule has 4 nitrogen and oxygen atoms in total. The average molecular weight is 305 g/mol. The van der Waals surface area contributed by atoms with Crippen LogP contribution in [0.3, 0.4) is 0 Å². The lowest BCUT2D eigenvalue weighted by Crippen LogP contribution is -2.23. The number of hydrogen-bond acceptors (Lipinski definition) is 3. The van der Waals surface area contributed by atoms with Gasteiger partial charge in [-0.05, 0) is 6.42 Å². The van der Waals surface area contributed by atoms with Crippen molar-refractivity contribution in [1.29, 1.82) is 0 Å². The van der Waals surface area contributed by atoms with Gasteiger partial charge in [-0.25, -0.2) is 0 Å². The highest BCUT2D eigenvalue weighted by Gasteiger charge is 2.41. The molecule has 0 radical (unpaired) electrons. The van der Waals surface area contributed by atoms with E-state index in [-0.39, 0.29) is 0 Å². The van der Waals surface area contributed by atoms with E-state index in [1.54, 1.807) is 0 Å². The van der Waals surface area contributed by atoms with E-state index in [9.17, 15) is 18.0 Å². The van der Waals surface area contributed by atoms with E-state index in [0.29, 0.717) is 6.54 Å². The van der Waals surface area contributed by atoms with Crippen molar-refractivity contribution >= 4 is 5.78 Å². The van der Waals surface area contributed by atoms with E-state index < -0.39 is 17.7 Å². The molecule has 21 heavy (non-hydrogen) atoms. The van der Waals surface area contributed by atoms with Crippen molar-refractivity contribution in [2.24, 2.45) is 0 Å². The summed E-state index contributed by atoms with van der Waals surface area (Å²) in [7, 11) is 0. The highest BCUT2D eigenvalue weighted by molar-refractivity contribution is 5.98. The molecule has 1 heterocycles. The van der Waals surface area contributed by atoms with E-state index in [1.165, 1.54) is 36.8 Å². The van der Waals surface area contributed by atoms with Crippen molar-refractivity contribution in [2.75, 3.05) is 0 Å². The molecule has 0 saturated heterocycles. The van der Waals surface area contributed by atoms with Gasteiger partial charge in [-0.3, -0.25) is 9.48 Å². The molecule has 0 aliphatic rings. The fourth-order valence-corrected chi connectivity index (χ4v) is 2.06. The molecular formula is C14H22F3N3O. The van der Waals surface area contributed by atoms with Gasteiger partial charge < -0.3 is 0 Å². The molecule has 1 aromatic heterocycles. The number of hydrogen-bond donors (Lipinski definition) is 0. The first-order chi connectivity index (χ1) is 9.95. The lowest BCUT2D eigenvalue weighted by molar-refractivity contribution is -0.0888. The third-order valence-electron chi connectivity index (χ3n) is 3.27. The molecule has 0 aliphatic heterocycles. The molecule has 0 aliphatic carbocycles. The topological polar surface area (TPSA) is 47.8 Å². The summed E-state index contributed by atoms with van der Waals surface area (Å²) >= 11 is 0. The number of rotatable bonds is 10. The summed E-state index contributed by atoms with van der Waals surface area (Å²) in [5.74, 6) is -1.94. The fourth-order valence-electron chi connectivity index (χ4n) is 2.06. The number of unbranched alkanes of at least 4 members (excludes halogenated alkanes) is 7. The quantitative estimate of drug-likeness (QED) is 0.481. The van der Waals surface area contributed by atoms with Gasteiger partial charge in [0.15, 0.2) is 5.69 Å². The predicted octanol–water partition coefficient (Wildman–Crippen LogP) is 4.16. The Bertz CT molecular complexity index is 429. The Kier molecular flexibility index (Phi) is 7.39. The SMILES string of the molecule is CCCCCCCCCCn1cc(C(=O)C(F)(F)F)nn1. The molecule has 0 atom stereocenters. The Morgan fingerprint density at radius 1 is 1.10 bits per heavy atom. The van der Waals surface area contributed by atoms with Gasteiger partial charge in [0, 0.05) is 6.54 Å². The highest BCUT2D eigenvalue weighted by Crippen LogP contribution is 2.20. The van der Waals surface area contributed by atoms with Crippen LogP contribution >= 0.6 is 0 Å². The van der Waals surface area contributed by atoms with Crippen molar-refractivity contribution in [2.45, 2.75) is 71.0 Å². The van der Waals surface area contributed by atoms with Gasteiger partial charge in [-0.2, -0.15) is 13.2 Å². The second kappa shape index (κ2) is 8.79. The van der Waals surface area contributed by atoms with Crippen LogP contribution in [-0.2, 0) is 6.54 Å². The molecule has 1 aromatic rings. The number of aryl methyl sites for hydroxylation is 1. The van der Waals surface area contributed by atoms with E-state index >= 15 is 0 Å². The molecule has 0 fully saturated rings. The Labute approximate surface area is 122 Å². The summed E-state index contributed by atoms with van der Waals surface area (Å²) in [6.45, 7) is 2.67. The molecule has 0 amide bonds. The van der Waals surface area contributed by atoms with Crippen molar-refractivity contribution in [3.05, 3.63) is 11.9 Å². The molecule has 120 valence electrons. The number of aromatic nitrogens is 3. The molecule has 0 N–H and O–H groups in total. The first-order valence-electron chi connectivity index (χ1n) is 7.46. The van der Waals surface area contributed by atoms with Gasteiger partial charge in [0.1, 0.15) is 0 Å². The largest absolute Gasteiger partial charge is 0.456 e. The second-order valence-corrected chi connectivity index (χ2v) is 5.17. The Hall–Kier alpha value is -1.40. The van der Waals surface area contributed by atoms with E-state index in [0.717, 1.165) is 25.5 Å². The smallest absolute Gasteiger partial charge is 0.282 e. The van der Waals surface area contributed by atoms with Crippen LogP contribution in [0.25, 0.3) is 0 Å². The van der Waals surface area contributed by atoms with Crippen molar-refractivity contribution in [3.63, 3.8) is 0 Å². The molecule has 7 heteroatoms. The van der Waals surface area contributed by atoms with Gasteiger partial charge in [-0.1, -0.05) is 57.1 Å². The standard InChI is InChI=1S/C14H22F3N3O/c1-2-3-4-5-6-7-8-9-10-20-11-12(18-19-20)13(21)14(15,16)17/h11H,2-10H2,1H3. The zero-order valence-electron chi connectivity index (χ0n) is 12.3. The lowest BCUT2D eigenvalue weighted by Gasteiger charge is -2.02. The number of nitrogens with zero attached hydrogens (tertiary/aromatic N) is 3. The molecule has 0 saturated carbocycles. The third kappa shape index (κ3) is 6.73. The number of alkyl halides is 3. The Morgan fingerprint density at radius 2 is 1.67 bits per heavy atom. The molecular weight excluding hydrogens is 283 g/mol. The Balaban J connectivity index is 2.19. The second-order valence-electron chi connectivity index (χ2n) is 5.17. The van der Waals surface area contributed by atoms with Crippen LogP contribution in [0.15, 0.2) is 6.20 Å². The normalized spacial score (nSPS) is 11.8. The molecule has 0 aromatic carbocycles. The van der Waals surface area contributed by atoms with Crippen LogP contribution in [0.2, 0.25) is 0 Å². The van der Waals surface area contributed by atoms with E-state index in [2.05, 4.69) is 17.2 Å². The molecule has 1 rings (SSSR count). The Morgan fingerprint density at radius 3 is 2.24 bits per heavy atom. The fraction of sp³-hybridized carbons (Fsp3) is 0.786. The molecule has 0 spiro atoms. The number of carbonyl (C=O) groups excluding carboxylic acids is 1. The van der Waals surface area contributed by atoms with E-state index in [4.69, 9.17) is 0 Å². The predicted molar refractivity (Wildman–Crippen MR) is 73.0 cm³/mol. The number of Topliss-reactive ketones (excluding diaryl/α,β-unsaturated/α-hetero) is 1. The summed E-state index contributed by atoms with van der Waals surface area (Å²) in [5, 5.41) is 6.83.